The Bertz CT molecular complexity index is 714. The standard InChI is InChI=1S/C12H6BrClN2O2/c13-9-5-7(14)1-4-12(9)17-8-2-3-10-11(6-8)16-18-15-10/h1-6H. The Morgan fingerprint density at radius 2 is 1.89 bits per heavy atom. The second kappa shape index (κ2) is 4.59. The van der Waals surface area contributed by atoms with Crippen LogP contribution >= 0.6 is 27.5 Å². The number of fused-ring (bicyclic) bond motifs is 1. The van der Waals surface area contributed by atoms with Crippen LogP contribution in [0.1, 0.15) is 0 Å². The predicted molar refractivity (Wildman–Crippen MR) is 71.0 cm³/mol. The molecule has 6 heteroatoms. The first kappa shape index (κ1) is 11.5. The van der Waals surface area contributed by atoms with Crippen LogP contribution in [0.3, 0.4) is 0 Å². The predicted octanol–water partition coefficient (Wildman–Crippen LogP) is 4.43. The van der Waals surface area contributed by atoms with Crippen molar-refractivity contribution in [1.29, 1.82) is 0 Å². The molecule has 0 amide bonds. The number of halogens is 2. The SMILES string of the molecule is Clc1ccc(Oc2ccc3nonc3c2)c(Br)c1. The molecule has 4 nitrogen and oxygen atoms in total. The number of benzene rings is 2. The third kappa shape index (κ3) is 2.19. The van der Waals surface area contributed by atoms with Crippen molar-refractivity contribution in [2.45, 2.75) is 0 Å². The minimum atomic E-state index is 0.644. The van der Waals surface area contributed by atoms with E-state index in [0.717, 1.165) is 4.47 Å². The molecule has 18 heavy (non-hydrogen) atoms. The van der Waals surface area contributed by atoms with Gasteiger partial charge in [-0.1, -0.05) is 11.6 Å². The highest BCUT2D eigenvalue weighted by atomic mass is 79.9. The van der Waals surface area contributed by atoms with Crippen molar-refractivity contribution < 1.29 is 9.37 Å². The van der Waals surface area contributed by atoms with E-state index in [1.54, 1.807) is 36.4 Å². The number of rotatable bonds is 2. The maximum Gasteiger partial charge on any atom is 0.141 e. The number of nitrogens with zero attached hydrogens (tertiary/aromatic N) is 2. The molecule has 0 radical (unpaired) electrons. The van der Waals surface area contributed by atoms with Gasteiger partial charge in [0.1, 0.15) is 22.5 Å². The number of aromatic nitrogens is 2. The third-order valence-electron chi connectivity index (χ3n) is 2.35. The summed E-state index contributed by atoms with van der Waals surface area (Å²) in [7, 11) is 0. The highest BCUT2D eigenvalue weighted by Gasteiger charge is 2.06. The zero-order valence-electron chi connectivity index (χ0n) is 8.93. The first-order chi connectivity index (χ1) is 8.72. The Hall–Kier alpha value is -1.59. The molecule has 0 atom stereocenters. The van der Waals surface area contributed by atoms with Crippen molar-refractivity contribution in [3.8, 4) is 11.5 Å². The largest absolute Gasteiger partial charge is 0.456 e. The average molecular weight is 326 g/mol. The van der Waals surface area contributed by atoms with Crippen LogP contribution in [0.4, 0.5) is 0 Å². The lowest BCUT2D eigenvalue weighted by molar-refractivity contribution is 0.315. The molecule has 0 bridgehead atoms. The first-order valence-corrected chi connectivity index (χ1v) is 6.25. The van der Waals surface area contributed by atoms with Gasteiger partial charge in [0.25, 0.3) is 0 Å². The van der Waals surface area contributed by atoms with Crippen LogP contribution in [-0.4, -0.2) is 10.3 Å². The average Bonchev–Trinajstić information content (AvgIpc) is 2.80. The summed E-state index contributed by atoms with van der Waals surface area (Å²) < 4.78 is 11.1. The van der Waals surface area contributed by atoms with Crippen molar-refractivity contribution in [3.63, 3.8) is 0 Å². The van der Waals surface area contributed by atoms with Gasteiger partial charge in [0.05, 0.1) is 4.47 Å². The molecule has 0 aliphatic carbocycles. The van der Waals surface area contributed by atoms with Crippen molar-refractivity contribution >= 4 is 38.6 Å². The summed E-state index contributed by atoms with van der Waals surface area (Å²) in [6.45, 7) is 0. The second-order valence-corrected chi connectivity index (χ2v) is 4.88. The van der Waals surface area contributed by atoms with Gasteiger partial charge < -0.3 is 4.74 Å². The summed E-state index contributed by atoms with van der Waals surface area (Å²) in [6, 6.07) is 10.7. The first-order valence-electron chi connectivity index (χ1n) is 5.07. The van der Waals surface area contributed by atoms with E-state index in [9.17, 15) is 0 Å². The summed E-state index contributed by atoms with van der Waals surface area (Å²) in [6.07, 6.45) is 0. The van der Waals surface area contributed by atoms with Crippen LogP contribution in [-0.2, 0) is 0 Å². The topological polar surface area (TPSA) is 48.2 Å². The quantitative estimate of drug-likeness (QED) is 0.699. The van der Waals surface area contributed by atoms with Crippen molar-refractivity contribution in [2.75, 3.05) is 0 Å². The zero-order valence-corrected chi connectivity index (χ0v) is 11.3. The van der Waals surface area contributed by atoms with Gasteiger partial charge in [0, 0.05) is 11.1 Å². The van der Waals surface area contributed by atoms with Gasteiger partial charge in [-0.05, 0) is 56.6 Å². The molecule has 0 saturated carbocycles. The van der Waals surface area contributed by atoms with Gasteiger partial charge in [0.15, 0.2) is 0 Å². The van der Waals surface area contributed by atoms with Crippen LogP contribution in [0, 0.1) is 0 Å². The molecule has 0 aliphatic rings. The van der Waals surface area contributed by atoms with Gasteiger partial charge >= 0.3 is 0 Å². The Labute approximate surface area is 116 Å². The number of hydrogen-bond donors (Lipinski definition) is 0. The Morgan fingerprint density at radius 1 is 1.06 bits per heavy atom. The highest BCUT2D eigenvalue weighted by Crippen LogP contribution is 2.32. The molecule has 0 unspecified atom stereocenters. The molecule has 90 valence electrons. The van der Waals surface area contributed by atoms with Crippen LogP contribution in [0.5, 0.6) is 11.5 Å². The van der Waals surface area contributed by atoms with Gasteiger partial charge in [-0.15, -0.1) is 0 Å². The fourth-order valence-electron chi connectivity index (χ4n) is 1.51. The second-order valence-electron chi connectivity index (χ2n) is 3.59. The molecule has 0 aliphatic heterocycles. The minimum absolute atomic E-state index is 0.644. The summed E-state index contributed by atoms with van der Waals surface area (Å²) in [5, 5.41) is 8.13. The van der Waals surface area contributed by atoms with Gasteiger partial charge in [-0.2, -0.15) is 0 Å². The summed E-state index contributed by atoms with van der Waals surface area (Å²) in [4.78, 5) is 0. The van der Waals surface area contributed by atoms with Gasteiger partial charge in [0.2, 0.25) is 0 Å². The smallest absolute Gasteiger partial charge is 0.141 e. The van der Waals surface area contributed by atoms with E-state index in [2.05, 4.69) is 30.9 Å². The lowest BCUT2D eigenvalue weighted by Gasteiger charge is -2.07. The lowest BCUT2D eigenvalue weighted by atomic mass is 10.3. The zero-order chi connectivity index (χ0) is 12.5. The van der Waals surface area contributed by atoms with Gasteiger partial charge in [-0.25, -0.2) is 4.63 Å². The van der Waals surface area contributed by atoms with E-state index >= 15 is 0 Å². The summed E-state index contributed by atoms with van der Waals surface area (Å²) in [5.74, 6) is 1.33. The molecule has 2 aromatic carbocycles. The fourth-order valence-corrected chi connectivity index (χ4v) is 2.27. The molecule has 0 spiro atoms. The third-order valence-corrected chi connectivity index (χ3v) is 3.20. The minimum Gasteiger partial charge on any atom is -0.456 e. The summed E-state index contributed by atoms with van der Waals surface area (Å²) >= 11 is 9.26. The Morgan fingerprint density at radius 3 is 2.72 bits per heavy atom. The molecular formula is C12H6BrClN2O2. The monoisotopic (exact) mass is 324 g/mol. The van der Waals surface area contributed by atoms with Crippen LogP contribution in [0.2, 0.25) is 5.02 Å². The van der Waals surface area contributed by atoms with Crippen LogP contribution in [0.25, 0.3) is 11.0 Å². The molecule has 3 rings (SSSR count). The molecule has 3 aromatic rings. The Kier molecular flexibility index (Phi) is 2.93. The van der Waals surface area contributed by atoms with Crippen molar-refractivity contribution in [1.82, 2.24) is 10.3 Å². The molecule has 0 saturated heterocycles. The fraction of sp³-hybridized carbons (Fsp3) is 0. The van der Waals surface area contributed by atoms with E-state index in [-0.39, 0.29) is 0 Å². The molecular weight excluding hydrogens is 320 g/mol. The van der Waals surface area contributed by atoms with Gasteiger partial charge in [-0.3, -0.25) is 0 Å². The molecule has 1 heterocycles. The van der Waals surface area contributed by atoms with Crippen LogP contribution in [0.15, 0.2) is 45.5 Å². The highest BCUT2D eigenvalue weighted by molar-refractivity contribution is 9.10. The van der Waals surface area contributed by atoms with Crippen LogP contribution < -0.4 is 4.74 Å². The van der Waals surface area contributed by atoms with Crippen molar-refractivity contribution in [2.24, 2.45) is 0 Å². The Balaban J connectivity index is 1.95. The van der Waals surface area contributed by atoms with E-state index in [1.807, 2.05) is 0 Å². The van der Waals surface area contributed by atoms with E-state index in [0.29, 0.717) is 27.6 Å². The summed E-state index contributed by atoms with van der Waals surface area (Å²) in [5.41, 5.74) is 1.34. The normalized spacial score (nSPS) is 10.8. The maximum atomic E-state index is 5.87. The van der Waals surface area contributed by atoms with Crippen molar-refractivity contribution in [3.05, 3.63) is 45.9 Å². The number of ether oxygens (including phenoxy) is 1. The molecule has 0 N–H and O–H groups in total. The van der Waals surface area contributed by atoms with E-state index < -0.39 is 0 Å². The van der Waals surface area contributed by atoms with E-state index in [4.69, 9.17) is 16.3 Å². The number of hydrogen-bond acceptors (Lipinski definition) is 4. The molecule has 1 aromatic heterocycles. The lowest BCUT2D eigenvalue weighted by Crippen LogP contribution is -1.85. The maximum absolute atomic E-state index is 5.87. The van der Waals surface area contributed by atoms with E-state index in [1.165, 1.54) is 0 Å². The molecule has 0 fully saturated rings.